The van der Waals surface area contributed by atoms with Crippen molar-refractivity contribution in [1.29, 1.82) is 0 Å². The predicted molar refractivity (Wildman–Crippen MR) is 133 cm³/mol. The molecule has 2 aliphatic carbocycles. The lowest BCUT2D eigenvalue weighted by molar-refractivity contribution is 0.00831. The van der Waals surface area contributed by atoms with E-state index >= 15 is 0 Å². The number of piperidine rings is 1. The predicted octanol–water partition coefficient (Wildman–Crippen LogP) is 6.44. The van der Waals surface area contributed by atoms with Gasteiger partial charge in [0.15, 0.2) is 5.15 Å². The third-order valence-corrected chi connectivity index (χ3v) is 5.93. The fraction of sp³-hybridized carbons (Fsp3) is 0.583. The van der Waals surface area contributed by atoms with Crippen molar-refractivity contribution in [3.8, 4) is 0 Å². The number of halogens is 2. The third kappa shape index (κ3) is 11.1. The maximum Gasteiger partial charge on any atom is 0.157 e. The second-order valence-electron chi connectivity index (χ2n) is 7.55. The Bertz CT molecular complexity index is 593. The molecule has 3 aliphatic rings. The van der Waals surface area contributed by atoms with Crippen molar-refractivity contribution < 1.29 is 13.5 Å². The van der Waals surface area contributed by atoms with E-state index < -0.39 is 5.15 Å². The van der Waals surface area contributed by atoms with Gasteiger partial charge in [-0.15, -0.1) is 0 Å². The molecule has 4 unspecified atom stereocenters. The highest BCUT2D eigenvalue weighted by molar-refractivity contribution is 7.40. The molecule has 170 valence electrons. The molecule has 1 heterocycles. The summed E-state index contributed by atoms with van der Waals surface area (Å²) in [5.74, 6) is 0.436. The van der Waals surface area contributed by atoms with E-state index in [1.807, 2.05) is 30.4 Å². The summed E-state index contributed by atoms with van der Waals surface area (Å²) >= 11 is 0. The van der Waals surface area contributed by atoms with Gasteiger partial charge in [-0.1, -0.05) is 86.5 Å². The van der Waals surface area contributed by atoms with Crippen LogP contribution in [0.3, 0.4) is 0 Å². The second-order valence-corrected chi connectivity index (χ2v) is 9.89. The molecule has 1 N–H and O–H groups in total. The Morgan fingerprint density at radius 2 is 1.80 bits per heavy atom. The van der Waals surface area contributed by atoms with Gasteiger partial charge in [0.2, 0.25) is 0 Å². The zero-order valence-electron chi connectivity index (χ0n) is 18.4. The lowest BCUT2D eigenvalue weighted by atomic mass is 9.93. The molecule has 30 heavy (non-hydrogen) atoms. The van der Waals surface area contributed by atoms with Gasteiger partial charge in [0.1, 0.15) is 0 Å². The van der Waals surface area contributed by atoms with E-state index in [0.717, 1.165) is 18.4 Å². The van der Waals surface area contributed by atoms with Crippen molar-refractivity contribution in [2.24, 2.45) is 5.92 Å². The van der Waals surface area contributed by atoms with E-state index in [1.54, 1.807) is 0 Å². The number of ether oxygens (including phenoxy) is 1. The van der Waals surface area contributed by atoms with Gasteiger partial charge < -0.3 is 10.1 Å². The van der Waals surface area contributed by atoms with Gasteiger partial charge in [0.25, 0.3) is 0 Å². The third-order valence-electron chi connectivity index (χ3n) is 5.19. The van der Waals surface area contributed by atoms with Crippen LogP contribution in [-0.4, -0.2) is 37.6 Å². The van der Waals surface area contributed by atoms with Crippen molar-refractivity contribution in [3.63, 3.8) is 0 Å². The number of allylic oxidation sites excluding steroid dienone is 7. The molecule has 2 nitrogen and oxygen atoms in total. The standard InChI is InChI=1S/C18H25FOP2.C5H11N.CH3F/c1-2-17(14-8-4-3-5-9-14)20-16-12-6-10-15(11-7-13-16)18(19,21)22;1-2-4-6-5-3-1;1-2/h3-8,10,12-14,16-17H,2,9,11,21-22H2,1H3;6H,1-5H2;1H3/b12-6?,13-7-,15-10+;;/t14?,16?,17-;;/m1../s1. The van der Waals surface area contributed by atoms with Gasteiger partial charge in [-0.25, -0.2) is 4.39 Å². The molecular formula is C24H39F2NOP2. The van der Waals surface area contributed by atoms with E-state index in [0.29, 0.717) is 19.5 Å². The smallest absolute Gasteiger partial charge is 0.157 e. The number of rotatable bonds is 5. The summed E-state index contributed by atoms with van der Waals surface area (Å²) in [6, 6.07) is 0. The molecule has 6 heteroatoms. The van der Waals surface area contributed by atoms with Gasteiger partial charge >= 0.3 is 0 Å². The topological polar surface area (TPSA) is 21.3 Å². The van der Waals surface area contributed by atoms with Gasteiger partial charge in [0.05, 0.1) is 19.4 Å². The molecule has 0 saturated carbocycles. The molecule has 1 saturated heterocycles. The molecule has 0 spiro atoms. The van der Waals surface area contributed by atoms with Crippen molar-refractivity contribution in [3.05, 3.63) is 60.3 Å². The number of nitrogens with one attached hydrogen (secondary N) is 1. The highest BCUT2D eigenvalue weighted by Crippen LogP contribution is 2.38. The minimum absolute atomic E-state index is 0.0508. The van der Waals surface area contributed by atoms with Crippen LogP contribution in [0, 0.1) is 5.92 Å². The second kappa shape index (κ2) is 16.0. The minimum Gasteiger partial charge on any atom is -0.366 e. The zero-order valence-corrected chi connectivity index (χ0v) is 20.7. The summed E-state index contributed by atoms with van der Waals surface area (Å²) in [5.41, 5.74) is 0.723. The van der Waals surface area contributed by atoms with Crippen molar-refractivity contribution in [2.75, 3.05) is 20.3 Å². The van der Waals surface area contributed by atoms with Crippen LogP contribution < -0.4 is 5.32 Å². The molecule has 0 aromatic heterocycles. The average Bonchev–Trinajstić information content (AvgIpc) is 2.76. The Hall–Kier alpha value is -0.660. The van der Waals surface area contributed by atoms with E-state index in [9.17, 15) is 8.78 Å². The van der Waals surface area contributed by atoms with Crippen LogP contribution in [0.5, 0.6) is 0 Å². The minimum atomic E-state index is -1.44. The largest absolute Gasteiger partial charge is 0.366 e. The molecule has 0 aromatic carbocycles. The SMILES string of the molecule is C1CCNCC1.CC[C@@H](OC1C=C/C=C(/C(F)(P)P)C/C=C\1)C1C=CC=CC1.CF. The van der Waals surface area contributed by atoms with Crippen LogP contribution in [-0.2, 0) is 4.74 Å². The maximum absolute atomic E-state index is 13.9. The van der Waals surface area contributed by atoms with Crippen molar-refractivity contribution in [2.45, 2.75) is 62.8 Å². The molecular weight excluding hydrogens is 418 g/mol. The van der Waals surface area contributed by atoms with E-state index in [-0.39, 0.29) is 12.2 Å². The molecule has 0 radical (unpaired) electrons. The summed E-state index contributed by atoms with van der Waals surface area (Å²) in [4.78, 5) is 0. The Labute approximate surface area is 186 Å². The summed E-state index contributed by atoms with van der Waals surface area (Å²) in [5, 5.41) is 1.85. The molecule has 1 fully saturated rings. The molecule has 3 rings (SSSR count). The monoisotopic (exact) mass is 457 g/mol. The molecule has 0 aromatic rings. The lowest BCUT2D eigenvalue weighted by Gasteiger charge is -2.27. The lowest BCUT2D eigenvalue weighted by Crippen LogP contribution is -2.26. The highest BCUT2D eigenvalue weighted by Gasteiger charge is 2.23. The molecule has 0 bridgehead atoms. The first-order valence-corrected chi connectivity index (χ1v) is 12.0. The zero-order chi connectivity index (χ0) is 22.2. The van der Waals surface area contributed by atoms with Crippen LogP contribution >= 0.6 is 18.5 Å². The van der Waals surface area contributed by atoms with E-state index in [4.69, 9.17) is 4.74 Å². The molecule has 1 aliphatic heterocycles. The Morgan fingerprint density at radius 1 is 1.07 bits per heavy atom. The van der Waals surface area contributed by atoms with Crippen LogP contribution in [0.4, 0.5) is 8.78 Å². The van der Waals surface area contributed by atoms with Gasteiger partial charge in [-0.05, 0) is 50.8 Å². The summed E-state index contributed by atoms with van der Waals surface area (Å²) in [6.45, 7) is 4.66. The van der Waals surface area contributed by atoms with Gasteiger partial charge in [0, 0.05) is 5.92 Å². The average molecular weight is 458 g/mol. The van der Waals surface area contributed by atoms with Crippen LogP contribution in [0.25, 0.3) is 0 Å². The Morgan fingerprint density at radius 3 is 2.30 bits per heavy atom. The first-order chi connectivity index (χ1) is 14.5. The van der Waals surface area contributed by atoms with Crippen LogP contribution in [0.2, 0.25) is 0 Å². The number of hydrogen-bond acceptors (Lipinski definition) is 2. The number of hydrogen-bond donors (Lipinski definition) is 1. The maximum atomic E-state index is 13.9. The molecule has 5 atom stereocenters. The summed E-state index contributed by atoms with van der Waals surface area (Å²) in [6.07, 6.45) is 25.3. The molecule has 0 amide bonds. The van der Waals surface area contributed by atoms with Crippen molar-refractivity contribution in [1.82, 2.24) is 5.32 Å². The van der Waals surface area contributed by atoms with Crippen molar-refractivity contribution >= 4 is 18.5 Å². The fourth-order valence-corrected chi connectivity index (χ4v) is 3.92. The van der Waals surface area contributed by atoms with Gasteiger partial charge in [-0.3, -0.25) is 4.39 Å². The summed E-state index contributed by atoms with van der Waals surface area (Å²) < 4.78 is 29.7. The van der Waals surface area contributed by atoms with Crippen LogP contribution in [0.1, 0.15) is 45.4 Å². The Kier molecular flexibility index (Phi) is 14.6. The van der Waals surface area contributed by atoms with E-state index in [1.165, 1.54) is 32.4 Å². The van der Waals surface area contributed by atoms with Gasteiger partial charge in [-0.2, -0.15) is 0 Å². The van der Waals surface area contributed by atoms with E-state index in [2.05, 4.69) is 55.0 Å². The van der Waals surface area contributed by atoms with Crippen LogP contribution in [0.15, 0.2) is 60.3 Å². The highest BCUT2D eigenvalue weighted by atomic mass is 31.1. The Balaban J connectivity index is 0.000000474. The fourth-order valence-electron chi connectivity index (χ4n) is 3.50. The quantitative estimate of drug-likeness (QED) is 0.379. The normalized spacial score (nSPS) is 27.2. The summed E-state index contributed by atoms with van der Waals surface area (Å²) in [7, 11) is 4.94. The number of alkyl halides is 2. The first-order valence-electron chi connectivity index (χ1n) is 10.9. The first kappa shape index (κ1) is 27.4.